The number of nitrogens with zero attached hydrogens (tertiary/aromatic N) is 1. The molecule has 2 aromatic carbocycles. The molecule has 1 amide bonds. The van der Waals surface area contributed by atoms with E-state index in [9.17, 15) is 13.2 Å². The molecule has 1 atom stereocenters. The van der Waals surface area contributed by atoms with Gasteiger partial charge in [0.05, 0.1) is 4.90 Å². The summed E-state index contributed by atoms with van der Waals surface area (Å²) < 4.78 is 22.8. The number of nitrogens with two attached hydrogens (primary N) is 1. The summed E-state index contributed by atoms with van der Waals surface area (Å²) in [6.07, 6.45) is 3.18. The van der Waals surface area contributed by atoms with Crippen LogP contribution in [0.25, 0.3) is 11.1 Å². The molecule has 0 heterocycles. The Morgan fingerprint density at radius 2 is 1.44 bits per heavy atom. The van der Waals surface area contributed by atoms with Crippen LogP contribution in [-0.4, -0.2) is 44.9 Å². The third kappa shape index (κ3) is 9.95. The maximum atomic E-state index is 13.1. The number of amides is 1. The zero-order valence-electron chi connectivity index (χ0n) is 21.7. The Morgan fingerprint density at radius 3 is 1.85 bits per heavy atom. The summed E-state index contributed by atoms with van der Waals surface area (Å²) in [6.45, 7) is 15.2. The van der Waals surface area contributed by atoms with Gasteiger partial charge >= 0.3 is 0 Å². The first-order valence-corrected chi connectivity index (χ1v) is 13.8. The van der Waals surface area contributed by atoms with Crippen molar-refractivity contribution < 1.29 is 13.2 Å². The van der Waals surface area contributed by atoms with Crippen LogP contribution in [0.1, 0.15) is 71.2 Å². The molecule has 0 aliphatic carbocycles. The molecule has 0 spiro atoms. The Labute approximate surface area is 207 Å². The number of nitrogens with one attached hydrogen (secondary N) is 1. The summed E-state index contributed by atoms with van der Waals surface area (Å²) in [7, 11) is -3.71. The molecule has 0 fully saturated rings. The van der Waals surface area contributed by atoms with E-state index in [1.807, 2.05) is 36.1 Å². The summed E-state index contributed by atoms with van der Waals surface area (Å²) in [5, 5.41) is 8.61. The zero-order chi connectivity index (χ0) is 25.7. The topological polar surface area (TPSA) is 92.5 Å². The van der Waals surface area contributed by atoms with Crippen molar-refractivity contribution in [2.45, 2.75) is 71.7 Å². The number of hydrogen-bond donors (Lipinski definition) is 2. The first-order valence-electron chi connectivity index (χ1n) is 12.3. The lowest BCUT2D eigenvalue weighted by molar-refractivity contribution is 0.0683. The number of likely N-dealkylation sites (N-methyl/N-ethyl adjacent to an activating group) is 1. The summed E-state index contributed by atoms with van der Waals surface area (Å²) in [6, 6.07) is 14.0. The van der Waals surface area contributed by atoms with E-state index in [2.05, 4.69) is 39.9 Å². The van der Waals surface area contributed by atoms with Gasteiger partial charge in [-0.05, 0) is 67.6 Å². The Bertz CT molecular complexity index is 953. The molecule has 3 N–H and O–H groups in total. The van der Waals surface area contributed by atoms with E-state index in [4.69, 9.17) is 5.14 Å². The summed E-state index contributed by atoms with van der Waals surface area (Å²) in [5.41, 5.74) is 2.41. The van der Waals surface area contributed by atoms with Gasteiger partial charge in [-0.15, -0.1) is 0 Å². The molecule has 0 bridgehead atoms. The minimum atomic E-state index is -3.71. The van der Waals surface area contributed by atoms with Crippen LogP contribution in [-0.2, 0) is 10.0 Å². The van der Waals surface area contributed by atoms with Gasteiger partial charge in [-0.3, -0.25) is 4.79 Å². The van der Waals surface area contributed by atoms with Crippen molar-refractivity contribution in [2.24, 2.45) is 11.1 Å². The number of unbranched alkanes of at least 4 members (excludes halogenated alkanes) is 1. The quantitative estimate of drug-likeness (QED) is 0.419. The summed E-state index contributed by atoms with van der Waals surface area (Å²) in [4.78, 5) is 15.1. The van der Waals surface area contributed by atoms with Crippen molar-refractivity contribution in [3.05, 3.63) is 54.1 Å². The number of carbonyl (C=O) groups is 1. The number of primary sulfonamides is 1. The predicted molar refractivity (Wildman–Crippen MR) is 142 cm³/mol. The monoisotopic (exact) mass is 489 g/mol. The van der Waals surface area contributed by atoms with E-state index in [-0.39, 0.29) is 16.8 Å². The first kappa shape index (κ1) is 29.8. The van der Waals surface area contributed by atoms with Gasteiger partial charge in [0.2, 0.25) is 10.0 Å². The number of benzene rings is 2. The van der Waals surface area contributed by atoms with Crippen LogP contribution < -0.4 is 10.5 Å². The Morgan fingerprint density at radius 1 is 0.941 bits per heavy atom. The van der Waals surface area contributed by atoms with Gasteiger partial charge in [-0.1, -0.05) is 65.3 Å². The molecule has 2 aromatic rings. The third-order valence-corrected chi connectivity index (χ3v) is 6.18. The lowest BCUT2D eigenvalue weighted by atomic mass is 10.0. The van der Waals surface area contributed by atoms with E-state index < -0.39 is 10.0 Å². The average Bonchev–Trinajstić information content (AvgIpc) is 2.80. The highest BCUT2D eigenvalue weighted by atomic mass is 32.2. The third-order valence-electron chi connectivity index (χ3n) is 5.25. The second-order valence-electron chi connectivity index (χ2n) is 9.09. The van der Waals surface area contributed by atoms with E-state index >= 15 is 0 Å². The summed E-state index contributed by atoms with van der Waals surface area (Å²) in [5.74, 6) is 0.859. The van der Waals surface area contributed by atoms with Gasteiger partial charge in [-0.2, -0.15) is 0 Å². The Hall–Kier alpha value is -2.22. The molecule has 0 saturated carbocycles. The zero-order valence-corrected chi connectivity index (χ0v) is 22.5. The molecule has 2 rings (SSSR count). The SMILES string of the molecule is CC(C)C.CCCCNCC(CC)N(CC)C(=O)c1ccc(-c2ccc(S(N)(=O)=O)cc2)cc1. The maximum absolute atomic E-state index is 13.1. The minimum absolute atomic E-state index is 0.0257. The first-order chi connectivity index (χ1) is 16.0. The van der Waals surface area contributed by atoms with Crippen LogP contribution in [0.15, 0.2) is 53.4 Å². The van der Waals surface area contributed by atoms with Crippen molar-refractivity contribution in [1.29, 1.82) is 0 Å². The molecule has 0 aliphatic heterocycles. The molecule has 190 valence electrons. The van der Waals surface area contributed by atoms with E-state index in [1.165, 1.54) is 12.1 Å². The average molecular weight is 490 g/mol. The van der Waals surface area contributed by atoms with Crippen LogP contribution >= 0.6 is 0 Å². The number of carbonyl (C=O) groups excluding carboxylic acids is 1. The van der Waals surface area contributed by atoms with Crippen LogP contribution in [0.5, 0.6) is 0 Å². The van der Waals surface area contributed by atoms with Gasteiger partial charge in [0, 0.05) is 24.7 Å². The lowest BCUT2D eigenvalue weighted by Crippen LogP contribution is -2.45. The maximum Gasteiger partial charge on any atom is 0.254 e. The van der Waals surface area contributed by atoms with Crippen molar-refractivity contribution in [3.8, 4) is 11.1 Å². The second kappa shape index (κ2) is 14.9. The van der Waals surface area contributed by atoms with Gasteiger partial charge < -0.3 is 10.2 Å². The Kier molecular flexibility index (Phi) is 13.1. The molecule has 1 unspecified atom stereocenters. The van der Waals surface area contributed by atoms with Gasteiger partial charge in [0.25, 0.3) is 5.91 Å². The lowest BCUT2D eigenvalue weighted by Gasteiger charge is -2.30. The molecule has 0 radical (unpaired) electrons. The van der Waals surface area contributed by atoms with Crippen molar-refractivity contribution in [1.82, 2.24) is 10.2 Å². The smallest absolute Gasteiger partial charge is 0.254 e. The number of sulfonamides is 1. The fraction of sp³-hybridized carbons (Fsp3) is 0.519. The van der Waals surface area contributed by atoms with Crippen LogP contribution in [0.4, 0.5) is 0 Å². The number of hydrogen-bond acceptors (Lipinski definition) is 4. The Balaban J connectivity index is 0.00000133. The summed E-state index contributed by atoms with van der Waals surface area (Å²) >= 11 is 0. The van der Waals surface area contributed by atoms with E-state index in [1.54, 1.807) is 12.1 Å². The molecule has 34 heavy (non-hydrogen) atoms. The highest BCUT2D eigenvalue weighted by molar-refractivity contribution is 7.89. The number of rotatable bonds is 11. The fourth-order valence-corrected chi connectivity index (χ4v) is 3.94. The fourth-order valence-electron chi connectivity index (χ4n) is 3.42. The molecule has 0 saturated heterocycles. The molecular formula is C27H43N3O3S. The van der Waals surface area contributed by atoms with Crippen molar-refractivity contribution in [2.75, 3.05) is 19.6 Å². The van der Waals surface area contributed by atoms with Crippen LogP contribution in [0, 0.1) is 5.92 Å². The van der Waals surface area contributed by atoms with Gasteiger partial charge in [0.1, 0.15) is 0 Å². The molecule has 6 nitrogen and oxygen atoms in total. The van der Waals surface area contributed by atoms with Crippen molar-refractivity contribution >= 4 is 15.9 Å². The van der Waals surface area contributed by atoms with Crippen molar-refractivity contribution in [3.63, 3.8) is 0 Å². The normalized spacial score (nSPS) is 12.1. The minimum Gasteiger partial charge on any atom is -0.335 e. The largest absolute Gasteiger partial charge is 0.335 e. The highest BCUT2D eigenvalue weighted by Gasteiger charge is 2.22. The molecule has 0 aliphatic rings. The van der Waals surface area contributed by atoms with Gasteiger partial charge in [0.15, 0.2) is 0 Å². The second-order valence-corrected chi connectivity index (χ2v) is 10.7. The standard InChI is InChI=1S/C23H33N3O3S.C4H10/c1-4-7-16-25-17-21(5-2)26(6-3)23(27)20-10-8-18(9-11-20)19-12-14-22(15-13-19)30(24,28)29;1-4(2)3/h8-15,21,25H,4-7,16-17H2,1-3H3,(H2,24,28,29);4H,1-3H3. The molecule has 7 heteroatoms. The predicted octanol–water partition coefficient (Wildman–Crippen LogP) is 5.29. The van der Waals surface area contributed by atoms with E-state index in [0.717, 1.165) is 49.4 Å². The molecular weight excluding hydrogens is 446 g/mol. The highest BCUT2D eigenvalue weighted by Crippen LogP contribution is 2.22. The van der Waals surface area contributed by atoms with Gasteiger partial charge in [-0.25, -0.2) is 13.6 Å². The van der Waals surface area contributed by atoms with Crippen LogP contribution in [0.3, 0.4) is 0 Å². The van der Waals surface area contributed by atoms with E-state index in [0.29, 0.717) is 12.1 Å². The van der Waals surface area contributed by atoms with Crippen LogP contribution in [0.2, 0.25) is 0 Å². The molecule has 0 aromatic heterocycles.